The van der Waals surface area contributed by atoms with E-state index in [1.807, 2.05) is 0 Å². The second-order valence-electron chi connectivity index (χ2n) is 2.23. The summed E-state index contributed by atoms with van der Waals surface area (Å²) in [7, 11) is 0. The number of nitrogens with zero attached hydrogens (tertiary/aromatic N) is 1. The zero-order valence-electron chi connectivity index (χ0n) is 8.23. The molecular formula is C7H5ClKNO4. The average molecular weight is 242 g/mol. The van der Waals surface area contributed by atoms with E-state index in [0.717, 1.165) is 18.2 Å². The summed E-state index contributed by atoms with van der Waals surface area (Å²) in [5.74, 6) is -1.21. The van der Waals surface area contributed by atoms with E-state index in [1.165, 1.54) is 0 Å². The summed E-state index contributed by atoms with van der Waals surface area (Å²) in [6.07, 6.45) is 0. The minimum Gasteiger partial charge on any atom is -1.00 e. The van der Waals surface area contributed by atoms with Crippen molar-refractivity contribution >= 4 is 23.3 Å². The number of nitro benzene ring substituents is 1. The van der Waals surface area contributed by atoms with Crippen LogP contribution in [0.15, 0.2) is 18.2 Å². The fourth-order valence-electron chi connectivity index (χ4n) is 0.791. The van der Waals surface area contributed by atoms with Crippen molar-refractivity contribution in [3.05, 3.63) is 38.9 Å². The van der Waals surface area contributed by atoms with Gasteiger partial charge in [-0.25, -0.2) is 4.79 Å². The minimum absolute atomic E-state index is 0. The fourth-order valence-corrected chi connectivity index (χ4v) is 1.05. The molecule has 0 heterocycles. The summed E-state index contributed by atoms with van der Waals surface area (Å²) in [5, 5.41) is 18.6. The smallest absolute Gasteiger partial charge is 1.00 e. The molecule has 0 aromatic heterocycles. The number of rotatable bonds is 2. The molecule has 0 aliphatic carbocycles. The van der Waals surface area contributed by atoms with Crippen molar-refractivity contribution < 1.29 is 67.6 Å². The molecule has 0 radical (unpaired) electrons. The second kappa shape index (κ2) is 5.79. The molecule has 5 nitrogen and oxygen atoms in total. The summed E-state index contributed by atoms with van der Waals surface area (Å²) in [6.45, 7) is 0. The molecule has 7 heteroatoms. The third kappa shape index (κ3) is 3.30. The first-order valence-corrected chi connectivity index (χ1v) is 3.57. The van der Waals surface area contributed by atoms with Crippen molar-refractivity contribution in [1.82, 2.24) is 0 Å². The summed E-state index contributed by atoms with van der Waals surface area (Å²) in [4.78, 5) is 20.0. The molecule has 0 spiro atoms. The Morgan fingerprint density at radius 1 is 1.57 bits per heavy atom. The first kappa shape index (κ1) is 14.0. The van der Waals surface area contributed by atoms with Gasteiger partial charge in [0.05, 0.1) is 15.5 Å². The standard InChI is InChI=1S/C7H4ClNO4.K.H/c8-6-3-4(9(12)13)1-2-5(6)7(10)11;;/h1-3H,(H,10,11);;/q;+1;-1. The molecule has 1 aromatic carbocycles. The summed E-state index contributed by atoms with van der Waals surface area (Å²) in [6, 6.07) is 3.20. The predicted octanol–water partition coefficient (Wildman–Crippen LogP) is -0.937. The van der Waals surface area contributed by atoms with Crippen LogP contribution >= 0.6 is 11.6 Å². The molecule has 0 bridgehead atoms. The van der Waals surface area contributed by atoms with E-state index in [4.69, 9.17) is 16.7 Å². The van der Waals surface area contributed by atoms with Crippen LogP contribution in [0.4, 0.5) is 5.69 Å². The molecule has 1 rings (SSSR count). The largest absolute Gasteiger partial charge is 1.00 e. The Balaban J connectivity index is 0. The molecule has 0 unspecified atom stereocenters. The third-order valence-electron chi connectivity index (χ3n) is 1.39. The Morgan fingerprint density at radius 2 is 2.14 bits per heavy atom. The van der Waals surface area contributed by atoms with Gasteiger partial charge in [0.15, 0.2) is 0 Å². The van der Waals surface area contributed by atoms with E-state index in [9.17, 15) is 14.9 Å². The zero-order valence-corrected chi connectivity index (χ0v) is 11.1. The van der Waals surface area contributed by atoms with E-state index in [2.05, 4.69) is 0 Å². The number of halogens is 1. The Morgan fingerprint density at radius 3 is 2.50 bits per heavy atom. The van der Waals surface area contributed by atoms with Crippen molar-refractivity contribution in [2.45, 2.75) is 0 Å². The van der Waals surface area contributed by atoms with Gasteiger partial charge in [0, 0.05) is 12.1 Å². The third-order valence-corrected chi connectivity index (χ3v) is 1.71. The summed E-state index contributed by atoms with van der Waals surface area (Å²) < 4.78 is 0. The van der Waals surface area contributed by atoms with Crippen LogP contribution in [0, 0.1) is 10.1 Å². The number of carboxylic acid groups (broad SMARTS) is 1. The van der Waals surface area contributed by atoms with Crippen molar-refractivity contribution in [3.8, 4) is 0 Å². The molecule has 0 saturated heterocycles. The first-order chi connectivity index (χ1) is 6.02. The number of nitro groups is 1. The predicted molar refractivity (Wildman–Crippen MR) is 46.2 cm³/mol. The van der Waals surface area contributed by atoms with E-state index >= 15 is 0 Å². The molecule has 0 amide bonds. The van der Waals surface area contributed by atoms with E-state index in [-0.39, 0.29) is 69.1 Å². The van der Waals surface area contributed by atoms with Gasteiger partial charge in [-0.3, -0.25) is 10.1 Å². The Hall–Kier alpha value is 0.0164. The topological polar surface area (TPSA) is 80.4 Å². The molecule has 0 saturated carbocycles. The van der Waals surface area contributed by atoms with Crippen LogP contribution in [0.2, 0.25) is 5.02 Å². The molecule has 0 atom stereocenters. The zero-order chi connectivity index (χ0) is 10.0. The molecule has 14 heavy (non-hydrogen) atoms. The van der Waals surface area contributed by atoms with E-state index in [1.54, 1.807) is 0 Å². The van der Waals surface area contributed by atoms with Gasteiger partial charge in [0.2, 0.25) is 0 Å². The van der Waals surface area contributed by atoms with E-state index < -0.39 is 10.9 Å². The Kier molecular flexibility index (Phi) is 5.80. The average Bonchev–Trinajstić information content (AvgIpc) is 2.03. The number of aromatic carboxylic acids is 1. The fraction of sp³-hybridized carbons (Fsp3) is 0. The van der Waals surface area contributed by atoms with Gasteiger partial charge in [0.1, 0.15) is 0 Å². The molecular weight excluding hydrogens is 237 g/mol. The van der Waals surface area contributed by atoms with Crippen LogP contribution in [0.1, 0.15) is 11.8 Å². The minimum atomic E-state index is -1.21. The number of hydrogen-bond acceptors (Lipinski definition) is 3. The number of non-ortho nitro benzene ring substituents is 1. The van der Waals surface area contributed by atoms with Crippen molar-refractivity contribution in [2.75, 3.05) is 0 Å². The summed E-state index contributed by atoms with van der Waals surface area (Å²) >= 11 is 5.48. The van der Waals surface area contributed by atoms with Crippen LogP contribution in [-0.4, -0.2) is 16.0 Å². The molecule has 70 valence electrons. The molecule has 1 aromatic rings. The monoisotopic (exact) mass is 241 g/mol. The van der Waals surface area contributed by atoms with Gasteiger partial charge >= 0.3 is 57.4 Å². The maximum absolute atomic E-state index is 10.4. The number of carbonyl (C=O) groups is 1. The van der Waals surface area contributed by atoms with Crippen molar-refractivity contribution in [1.29, 1.82) is 0 Å². The van der Waals surface area contributed by atoms with Crippen LogP contribution in [-0.2, 0) is 0 Å². The number of benzene rings is 1. The maximum atomic E-state index is 10.4. The maximum Gasteiger partial charge on any atom is 1.00 e. The first-order valence-electron chi connectivity index (χ1n) is 3.19. The van der Waals surface area contributed by atoms with Gasteiger partial charge in [0.25, 0.3) is 5.69 Å². The van der Waals surface area contributed by atoms with Gasteiger partial charge in [-0.2, -0.15) is 0 Å². The number of carboxylic acids is 1. The molecule has 0 fully saturated rings. The van der Waals surface area contributed by atoms with Crippen LogP contribution in [0.25, 0.3) is 0 Å². The summed E-state index contributed by atoms with van der Waals surface area (Å²) in [5.41, 5.74) is -0.373. The van der Waals surface area contributed by atoms with Crippen molar-refractivity contribution in [3.63, 3.8) is 0 Å². The molecule has 1 N–H and O–H groups in total. The number of hydrogen-bond donors (Lipinski definition) is 1. The molecule has 0 aliphatic rings. The van der Waals surface area contributed by atoms with Crippen LogP contribution < -0.4 is 51.4 Å². The van der Waals surface area contributed by atoms with Gasteiger partial charge < -0.3 is 6.53 Å². The SMILES string of the molecule is O=C(O)c1ccc([N+](=O)[O-])cc1Cl.[H-].[K+]. The van der Waals surface area contributed by atoms with Crippen LogP contribution in [0.5, 0.6) is 0 Å². The van der Waals surface area contributed by atoms with Crippen molar-refractivity contribution in [2.24, 2.45) is 0 Å². The molecule has 0 aliphatic heterocycles. The van der Waals surface area contributed by atoms with Gasteiger partial charge in [-0.15, -0.1) is 0 Å². The van der Waals surface area contributed by atoms with Crippen LogP contribution in [0.3, 0.4) is 0 Å². The normalized spacial score (nSPS) is 8.93. The van der Waals surface area contributed by atoms with Gasteiger partial charge in [-0.05, 0) is 6.07 Å². The van der Waals surface area contributed by atoms with E-state index in [0.29, 0.717) is 0 Å². The Bertz CT molecular complexity index is 387. The quantitative estimate of drug-likeness (QED) is 0.412. The van der Waals surface area contributed by atoms with Gasteiger partial charge in [-0.1, -0.05) is 11.6 Å². The Labute approximate surface area is 128 Å². The second-order valence-corrected chi connectivity index (χ2v) is 2.63.